The lowest BCUT2D eigenvalue weighted by Gasteiger charge is -2.34. The van der Waals surface area contributed by atoms with E-state index < -0.39 is 11.7 Å². The van der Waals surface area contributed by atoms with Gasteiger partial charge in [0.15, 0.2) is 11.6 Å². The zero-order chi connectivity index (χ0) is 22.4. The molecule has 2 aromatic heterocycles. The van der Waals surface area contributed by atoms with Crippen molar-refractivity contribution in [2.24, 2.45) is 5.73 Å². The van der Waals surface area contributed by atoms with Gasteiger partial charge < -0.3 is 25.3 Å². The van der Waals surface area contributed by atoms with Crippen LogP contribution in [0.25, 0.3) is 33.2 Å². The molecule has 164 valence electrons. The van der Waals surface area contributed by atoms with Gasteiger partial charge in [0, 0.05) is 42.8 Å². The zero-order valence-corrected chi connectivity index (χ0v) is 18.0. The van der Waals surface area contributed by atoms with Gasteiger partial charge in [-0.25, -0.2) is 9.37 Å². The molecule has 3 N–H and O–H groups in total. The summed E-state index contributed by atoms with van der Waals surface area (Å²) in [5.41, 5.74) is 10.2. The summed E-state index contributed by atoms with van der Waals surface area (Å²) >= 11 is 0. The number of likely N-dealkylation sites (N-methyl/N-ethyl adjacent to an activating group) is 1. The number of primary amides is 1. The van der Waals surface area contributed by atoms with Gasteiger partial charge in [0.25, 0.3) is 5.91 Å². The molecule has 0 unspecified atom stereocenters. The minimum atomic E-state index is -0.571. The number of aromatic amines is 1. The molecule has 32 heavy (non-hydrogen) atoms. The zero-order valence-electron chi connectivity index (χ0n) is 18.0. The van der Waals surface area contributed by atoms with E-state index in [2.05, 4.69) is 34.0 Å². The van der Waals surface area contributed by atoms with E-state index in [1.54, 1.807) is 12.1 Å². The maximum absolute atomic E-state index is 14.3. The molecule has 0 aliphatic carbocycles. The van der Waals surface area contributed by atoms with Crippen LogP contribution in [0.1, 0.15) is 10.4 Å². The molecule has 8 heteroatoms. The highest BCUT2D eigenvalue weighted by molar-refractivity contribution is 6.14. The first-order valence-electron chi connectivity index (χ1n) is 10.5. The summed E-state index contributed by atoms with van der Waals surface area (Å²) in [7, 11) is 3.54. The molecular formula is C24H24FN5O2. The first-order valence-corrected chi connectivity index (χ1v) is 10.5. The van der Waals surface area contributed by atoms with Gasteiger partial charge in [-0.1, -0.05) is 0 Å². The fourth-order valence-corrected chi connectivity index (χ4v) is 4.27. The first kappa shape index (κ1) is 20.3. The van der Waals surface area contributed by atoms with Crippen molar-refractivity contribution in [1.82, 2.24) is 14.9 Å². The maximum Gasteiger partial charge on any atom is 0.250 e. The molecule has 0 saturated carbocycles. The van der Waals surface area contributed by atoms with E-state index in [1.807, 2.05) is 6.07 Å². The molecule has 1 saturated heterocycles. The highest BCUT2D eigenvalue weighted by atomic mass is 19.1. The standard InChI is InChI=1S/C24H24FN5O2/c1-29-7-9-30(10-8-29)15-4-5-16-20(12-15)28-23-17(24(26)31)13-19(27-22(16)23)14-3-6-21(32-2)18(25)11-14/h3-6,11-13,28H,7-10H2,1-2H3,(H2,26,31). The van der Waals surface area contributed by atoms with Gasteiger partial charge in [0.1, 0.15) is 0 Å². The molecule has 1 amide bonds. The minimum absolute atomic E-state index is 0.147. The average molecular weight is 433 g/mol. The summed E-state index contributed by atoms with van der Waals surface area (Å²) in [6.45, 7) is 3.94. The van der Waals surface area contributed by atoms with Crippen molar-refractivity contribution in [3.8, 4) is 17.0 Å². The van der Waals surface area contributed by atoms with Crippen LogP contribution in [0.2, 0.25) is 0 Å². The SMILES string of the molecule is COc1ccc(-c2cc(C(N)=O)c3[nH]c4cc(N5CCN(C)CC5)ccc4c3n2)cc1F. The number of rotatable bonds is 4. The molecule has 5 rings (SSSR count). The number of nitrogens with one attached hydrogen (secondary N) is 1. The summed E-state index contributed by atoms with van der Waals surface area (Å²) in [4.78, 5) is 25.0. The second-order valence-corrected chi connectivity index (χ2v) is 8.14. The molecule has 4 aromatic rings. The Morgan fingerprint density at radius 1 is 1.12 bits per heavy atom. The Hall–Kier alpha value is -3.65. The number of hydrogen-bond acceptors (Lipinski definition) is 5. The molecule has 1 aliphatic rings. The smallest absolute Gasteiger partial charge is 0.250 e. The van der Waals surface area contributed by atoms with Gasteiger partial charge in [-0.3, -0.25) is 4.79 Å². The lowest BCUT2D eigenvalue weighted by Crippen LogP contribution is -2.44. The van der Waals surface area contributed by atoms with Crippen molar-refractivity contribution < 1.29 is 13.9 Å². The number of carbonyl (C=O) groups is 1. The maximum atomic E-state index is 14.3. The number of fused-ring (bicyclic) bond motifs is 3. The van der Waals surface area contributed by atoms with E-state index >= 15 is 0 Å². The number of hydrogen-bond donors (Lipinski definition) is 2. The third-order valence-electron chi connectivity index (χ3n) is 6.12. The second-order valence-electron chi connectivity index (χ2n) is 8.14. The molecule has 1 aliphatic heterocycles. The number of carbonyl (C=O) groups excluding carboxylic acids is 1. The third kappa shape index (κ3) is 3.42. The largest absolute Gasteiger partial charge is 0.494 e. The average Bonchev–Trinajstić information content (AvgIpc) is 3.16. The number of pyridine rings is 1. The molecule has 3 heterocycles. The van der Waals surface area contributed by atoms with Crippen molar-refractivity contribution >= 4 is 33.5 Å². The van der Waals surface area contributed by atoms with E-state index in [0.717, 1.165) is 42.8 Å². The number of ether oxygens (including phenoxy) is 1. The Morgan fingerprint density at radius 2 is 1.91 bits per heavy atom. The van der Waals surface area contributed by atoms with E-state index in [1.165, 1.54) is 19.2 Å². The molecule has 0 radical (unpaired) electrons. The summed E-state index contributed by atoms with van der Waals surface area (Å²) in [5, 5.41) is 0.885. The van der Waals surface area contributed by atoms with E-state index in [-0.39, 0.29) is 5.75 Å². The molecule has 0 spiro atoms. The number of halogens is 1. The summed E-state index contributed by atoms with van der Waals surface area (Å²) in [6.07, 6.45) is 0. The number of piperazine rings is 1. The van der Waals surface area contributed by atoms with Crippen LogP contribution in [-0.4, -0.2) is 61.1 Å². The second kappa shape index (κ2) is 7.80. The highest BCUT2D eigenvalue weighted by Gasteiger charge is 2.19. The van der Waals surface area contributed by atoms with Gasteiger partial charge >= 0.3 is 0 Å². The number of methoxy groups -OCH3 is 1. The number of amides is 1. The lowest BCUT2D eigenvalue weighted by atomic mass is 10.1. The predicted molar refractivity (Wildman–Crippen MR) is 124 cm³/mol. The molecular weight excluding hydrogens is 409 g/mol. The van der Waals surface area contributed by atoms with Crippen LogP contribution >= 0.6 is 0 Å². The molecule has 7 nitrogen and oxygen atoms in total. The van der Waals surface area contributed by atoms with Crippen LogP contribution in [0.15, 0.2) is 42.5 Å². The van der Waals surface area contributed by atoms with E-state index in [0.29, 0.717) is 27.9 Å². The number of nitrogens with two attached hydrogens (primary N) is 1. The van der Waals surface area contributed by atoms with Crippen LogP contribution in [0, 0.1) is 5.82 Å². The first-order chi connectivity index (χ1) is 15.4. The Kier molecular flexibility index (Phi) is 4.94. The van der Waals surface area contributed by atoms with Crippen LogP contribution < -0.4 is 15.4 Å². The highest BCUT2D eigenvalue weighted by Crippen LogP contribution is 2.33. The summed E-state index contributed by atoms with van der Waals surface area (Å²) < 4.78 is 19.3. The Labute approximate surface area is 184 Å². The lowest BCUT2D eigenvalue weighted by molar-refractivity contribution is 0.100. The Morgan fingerprint density at radius 3 is 2.59 bits per heavy atom. The van der Waals surface area contributed by atoms with E-state index in [4.69, 9.17) is 15.5 Å². The van der Waals surface area contributed by atoms with Crippen LogP contribution in [0.3, 0.4) is 0 Å². The summed E-state index contributed by atoms with van der Waals surface area (Å²) in [5.74, 6) is -0.921. The van der Waals surface area contributed by atoms with Crippen LogP contribution in [-0.2, 0) is 0 Å². The van der Waals surface area contributed by atoms with Crippen molar-refractivity contribution in [3.05, 3.63) is 53.8 Å². The minimum Gasteiger partial charge on any atom is -0.494 e. The van der Waals surface area contributed by atoms with Gasteiger partial charge in [0.05, 0.1) is 34.9 Å². The number of aromatic nitrogens is 2. The van der Waals surface area contributed by atoms with Gasteiger partial charge in [-0.05, 0) is 49.5 Å². The quantitative estimate of drug-likeness (QED) is 0.515. The van der Waals surface area contributed by atoms with Crippen molar-refractivity contribution in [1.29, 1.82) is 0 Å². The number of H-pyrrole nitrogens is 1. The molecule has 0 atom stereocenters. The van der Waals surface area contributed by atoms with Gasteiger partial charge in [0.2, 0.25) is 0 Å². The molecule has 2 aromatic carbocycles. The van der Waals surface area contributed by atoms with Crippen molar-refractivity contribution in [2.45, 2.75) is 0 Å². The number of nitrogens with zero attached hydrogens (tertiary/aromatic N) is 3. The monoisotopic (exact) mass is 433 g/mol. The molecule has 1 fully saturated rings. The fraction of sp³-hybridized carbons (Fsp3) is 0.250. The Bertz CT molecular complexity index is 1340. The number of anilines is 1. The van der Waals surface area contributed by atoms with Crippen molar-refractivity contribution in [3.63, 3.8) is 0 Å². The fourth-order valence-electron chi connectivity index (χ4n) is 4.27. The van der Waals surface area contributed by atoms with Crippen LogP contribution in [0.5, 0.6) is 5.75 Å². The summed E-state index contributed by atoms with van der Waals surface area (Å²) in [6, 6.07) is 12.4. The molecule has 0 bridgehead atoms. The van der Waals surface area contributed by atoms with Crippen LogP contribution in [0.4, 0.5) is 10.1 Å². The van der Waals surface area contributed by atoms with E-state index in [9.17, 15) is 9.18 Å². The predicted octanol–water partition coefficient (Wildman–Crippen LogP) is 3.38. The third-order valence-corrected chi connectivity index (χ3v) is 6.12. The van der Waals surface area contributed by atoms with Gasteiger partial charge in [-0.2, -0.15) is 0 Å². The topological polar surface area (TPSA) is 87.5 Å². The normalized spacial score (nSPS) is 14.9. The van der Waals surface area contributed by atoms with Crippen molar-refractivity contribution in [2.75, 3.05) is 45.2 Å². The number of benzene rings is 2. The van der Waals surface area contributed by atoms with Gasteiger partial charge in [-0.15, -0.1) is 0 Å². The Balaban J connectivity index is 1.64.